The minimum atomic E-state index is -1.59. The fraction of sp³-hybridized carbons (Fsp3) is 0.492. The second-order valence-electron chi connectivity index (χ2n) is 21.5. The molecule has 3 aromatic carbocycles. The topological polar surface area (TPSA) is 403 Å². The Morgan fingerprint density at radius 2 is 1.16 bits per heavy atom. The number of carbonyl (C=O) groups is 13. The second kappa shape index (κ2) is 40.5. The molecule has 2 unspecified atom stereocenters. The number of hydrogen-bond donors (Lipinski definition) is 10. The molecule has 0 radical (unpaired) electrons. The van der Waals surface area contributed by atoms with E-state index in [1.165, 1.54) is 0 Å². The van der Waals surface area contributed by atoms with Gasteiger partial charge in [-0.2, -0.15) is 0 Å². The Bertz CT molecular complexity index is 2800. The number of aliphatic carboxylic acids is 4. The van der Waals surface area contributed by atoms with E-state index in [1.807, 2.05) is 0 Å². The lowest BCUT2D eigenvalue weighted by Gasteiger charge is -2.32. The summed E-state index contributed by atoms with van der Waals surface area (Å²) in [4.78, 5) is 169. The normalized spacial score (nSPS) is 15.9. The van der Waals surface area contributed by atoms with Gasteiger partial charge in [-0.05, 0) is 48.8 Å². The Hall–Kier alpha value is -8.99. The molecule has 484 valence electrons. The summed E-state index contributed by atoms with van der Waals surface area (Å²) >= 11 is 0. The maximum Gasteiger partial charge on any atom is 0.326 e. The number of benzene rings is 3. The van der Waals surface area contributed by atoms with Crippen LogP contribution in [0.1, 0.15) is 74.5 Å². The third-order valence-corrected chi connectivity index (χ3v) is 14.4. The molecule has 28 nitrogen and oxygen atoms in total. The number of nitrogens with one attached hydrogen (secondary N) is 6. The van der Waals surface area contributed by atoms with Crippen molar-refractivity contribution in [2.45, 2.75) is 101 Å². The second-order valence-corrected chi connectivity index (χ2v) is 21.5. The van der Waals surface area contributed by atoms with Crippen LogP contribution >= 0.6 is 0 Å². The summed E-state index contributed by atoms with van der Waals surface area (Å²) in [6.45, 7) is 0.661. The van der Waals surface area contributed by atoms with Crippen molar-refractivity contribution >= 4 is 77.9 Å². The van der Waals surface area contributed by atoms with E-state index in [-0.39, 0.29) is 162 Å². The molecule has 1 saturated heterocycles. The number of ether oxygens (including phenoxy) is 2. The molecule has 0 bridgehead atoms. The Balaban J connectivity index is 1.39. The summed E-state index contributed by atoms with van der Waals surface area (Å²) in [6, 6.07) is 22.2. The zero-order chi connectivity index (χ0) is 64.9. The number of rotatable bonds is 40. The standard InChI is InChI=1S/C61H81N9O19/c71-40-88-39-69-26-25-68(24-23-62-47(34-56(79)80)36-70(28-27-69)38-57(81)82)37-53(76)65-51(31-44-15-8-3-9-16-44)52(75)33-46(30-43-13-6-2-7-14-43)59(84)64-35-49(74)17-10-22-63-58(83)45(29-42-11-4-1-5-12-42)32-48(73)18-19-50(60(85)86)66-61(87)67-54(89-41-72)20-21-55(77)78/h1-9,11-16,40-41,45-47,50-51,54,62H,10,17-39H2,(H,63,83)(H,64,84)(H,65,76)(H,77,78)(H,79,80)(H,81,82)(H,85,86)(H2,66,67,87)/t45?,46-,47?,50+,51+,54-/m1/s1. The Labute approximate surface area is 514 Å². The molecule has 0 aliphatic carbocycles. The van der Waals surface area contributed by atoms with Crippen LogP contribution in [0.2, 0.25) is 0 Å². The smallest absolute Gasteiger partial charge is 0.326 e. The van der Waals surface area contributed by atoms with Crippen molar-refractivity contribution in [2.24, 2.45) is 11.8 Å². The summed E-state index contributed by atoms with van der Waals surface area (Å²) in [5.74, 6) is -9.82. The molecule has 1 aliphatic heterocycles. The van der Waals surface area contributed by atoms with Crippen LogP contribution in [0.5, 0.6) is 0 Å². The first-order valence-electron chi connectivity index (χ1n) is 29.2. The number of carbonyl (C=O) groups excluding carboxylic acids is 9. The SMILES string of the molecule is O=COCN1CCN(CC(=O)N[C@@H](Cc2ccccc2)C(=O)C[C@@H](Cc2ccccc2)C(=O)NCC(=O)CCCNC(=O)C(CC(=O)CC[C@H](NC(=O)N[C@@H](CCC(=O)O)OC=O)C(=O)O)Cc2ccccc2)CCNC(CC(=O)O)CN(CC(=O)O)CC1. The van der Waals surface area contributed by atoms with Gasteiger partial charge in [0.15, 0.2) is 17.8 Å². The molecule has 10 N–H and O–H groups in total. The van der Waals surface area contributed by atoms with E-state index in [9.17, 15) is 77.6 Å². The quantitative estimate of drug-likeness (QED) is 0.0209. The van der Waals surface area contributed by atoms with Crippen molar-refractivity contribution in [1.82, 2.24) is 46.6 Å². The predicted molar refractivity (Wildman–Crippen MR) is 317 cm³/mol. The predicted octanol–water partition coefficient (Wildman–Crippen LogP) is 0.396. The molecule has 5 amide bonds. The first-order chi connectivity index (χ1) is 42.7. The van der Waals surface area contributed by atoms with E-state index >= 15 is 0 Å². The number of carboxylic acid groups (broad SMARTS) is 4. The number of carboxylic acids is 4. The molecule has 1 aliphatic rings. The molecule has 1 heterocycles. The van der Waals surface area contributed by atoms with E-state index in [1.54, 1.807) is 106 Å². The molecule has 3 aromatic rings. The zero-order valence-electron chi connectivity index (χ0n) is 49.5. The Kier molecular flexibility index (Phi) is 33.0. The summed E-state index contributed by atoms with van der Waals surface area (Å²) in [5.41, 5.74) is 2.18. The van der Waals surface area contributed by atoms with Gasteiger partial charge in [0.2, 0.25) is 17.7 Å². The molecule has 0 spiro atoms. The maximum absolute atomic E-state index is 14.5. The highest BCUT2D eigenvalue weighted by Crippen LogP contribution is 2.19. The van der Waals surface area contributed by atoms with E-state index in [0.717, 1.165) is 16.7 Å². The van der Waals surface area contributed by atoms with E-state index in [0.29, 0.717) is 0 Å². The Morgan fingerprint density at radius 3 is 1.73 bits per heavy atom. The molecule has 0 aromatic heterocycles. The summed E-state index contributed by atoms with van der Waals surface area (Å²) in [6.07, 6.45) is -3.49. The maximum atomic E-state index is 14.5. The number of amides is 5. The van der Waals surface area contributed by atoms with Gasteiger partial charge < -0.3 is 61.8 Å². The van der Waals surface area contributed by atoms with Crippen LogP contribution in [0.15, 0.2) is 91.0 Å². The summed E-state index contributed by atoms with van der Waals surface area (Å²) < 4.78 is 9.69. The van der Waals surface area contributed by atoms with Gasteiger partial charge >= 0.3 is 29.9 Å². The number of hydrogen-bond acceptors (Lipinski definition) is 19. The van der Waals surface area contributed by atoms with Gasteiger partial charge in [-0.15, -0.1) is 0 Å². The zero-order valence-corrected chi connectivity index (χ0v) is 49.5. The van der Waals surface area contributed by atoms with Gasteiger partial charge in [0, 0.05) is 102 Å². The van der Waals surface area contributed by atoms with Crippen molar-refractivity contribution in [3.63, 3.8) is 0 Å². The number of Topliss-reactive ketones (excluding diaryl/α,β-unsaturated/α-hetero) is 3. The lowest BCUT2D eigenvalue weighted by molar-refractivity contribution is -0.141. The van der Waals surface area contributed by atoms with Crippen molar-refractivity contribution in [2.75, 3.05) is 78.7 Å². The molecule has 89 heavy (non-hydrogen) atoms. The lowest BCUT2D eigenvalue weighted by Crippen LogP contribution is -2.52. The minimum absolute atomic E-state index is 0.00477. The van der Waals surface area contributed by atoms with Crippen LogP contribution in [0.4, 0.5) is 4.79 Å². The molecular weight excluding hydrogens is 1160 g/mol. The average Bonchev–Trinajstić information content (AvgIpc) is 3.71. The van der Waals surface area contributed by atoms with Crippen LogP contribution < -0.4 is 31.9 Å². The Morgan fingerprint density at radius 1 is 0.573 bits per heavy atom. The van der Waals surface area contributed by atoms with Crippen LogP contribution in [0, 0.1) is 11.8 Å². The van der Waals surface area contributed by atoms with Crippen LogP contribution in [0.25, 0.3) is 0 Å². The summed E-state index contributed by atoms with van der Waals surface area (Å²) in [5, 5.41) is 53.8. The van der Waals surface area contributed by atoms with Crippen molar-refractivity contribution < 1.29 is 92.2 Å². The molecule has 28 heteroatoms. The van der Waals surface area contributed by atoms with Crippen molar-refractivity contribution in [3.8, 4) is 0 Å². The highest BCUT2D eigenvalue weighted by Gasteiger charge is 2.31. The highest BCUT2D eigenvalue weighted by molar-refractivity contribution is 5.94. The number of urea groups is 1. The van der Waals surface area contributed by atoms with Crippen LogP contribution in [-0.4, -0.2) is 216 Å². The first kappa shape index (κ1) is 72.5. The van der Waals surface area contributed by atoms with E-state index < -0.39 is 108 Å². The van der Waals surface area contributed by atoms with Gasteiger partial charge in [-0.3, -0.25) is 67.4 Å². The van der Waals surface area contributed by atoms with Crippen molar-refractivity contribution in [1.29, 1.82) is 0 Å². The van der Waals surface area contributed by atoms with E-state index in [4.69, 9.17) is 9.84 Å². The minimum Gasteiger partial charge on any atom is -0.481 e. The molecule has 1 fully saturated rings. The number of ketones is 3. The molecule has 4 rings (SSSR count). The highest BCUT2D eigenvalue weighted by atomic mass is 16.5. The molecular formula is C61H81N9O19. The molecule has 6 atom stereocenters. The average molecular weight is 1240 g/mol. The van der Waals surface area contributed by atoms with Crippen LogP contribution in [0.3, 0.4) is 0 Å². The monoisotopic (exact) mass is 1240 g/mol. The van der Waals surface area contributed by atoms with Gasteiger partial charge in [0.25, 0.3) is 12.9 Å². The van der Waals surface area contributed by atoms with Gasteiger partial charge in [0.05, 0.1) is 38.5 Å². The van der Waals surface area contributed by atoms with E-state index in [2.05, 4.69) is 36.6 Å². The fourth-order valence-corrected chi connectivity index (χ4v) is 9.87. The first-order valence-corrected chi connectivity index (χ1v) is 29.2. The fourth-order valence-electron chi connectivity index (χ4n) is 9.87. The third-order valence-electron chi connectivity index (χ3n) is 14.4. The summed E-state index contributed by atoms with van der Waals surface area (Å²) in [7, 11) is 0. The lowest BCUT2D eigenvalue weighted by atomic mass is 9.89. The third kappa shape index (κ3) is 30.5. The van der Waals surface area contributed by atoms with Gasteiger partial charge in [0.1, 0.15) is 18.6 Å². The number of nitrogens with zero attached hydrogens (tertiary/aromatic N) is 3. The molecule has 0 saturated carbocycles. The van der Waals surface area contributed by atoms with Gasteiger partial charge in [-0.1, -0.05) is 91.0 Å². The van der Waals surface area contributed by atoms with Crippen molar-refractivity contribution in [3.05, 3.63) is 108 Å². The van der Waals surface area contributed by atoms with Crippen LogP contribution in [-0.2, 0) is 86.3 Å². The van der Waals surface area contributed by atoms with Gasteiger partial charge in [-0.25, -0.2) is 9.59 Å². The largest absolute Gasteiger partial charge is 0.481 e.